The van der Waals surface area contributed by atoms with Crippen molar-refractivity contribution in [2.75, 3.05) is 23.8 Å². The number of hydrogen-bond donors (Lipinski definition) is 3. The maximum Gasteiger partial charge on any atom is 0.416 e. The Balaban J connectivity index is 1.57. The van der Waals surface area contributed by atoms with Crippen LogP contribution in [0.5, 0.6) is 11.5 Å². The van der Waals surface area contributed by atoms with Crippen molar-refractivity contribution in [3.8, 4) is 11.5 Å². The molecular formula is C26H22ClF3N4O5. The number of benzene rings is 3. The first-order valence-electron chi connectivity index (χ1n) is 11.3. The molecule has 0 saturated carbocycles. The third-order valence-corrected chi connectivity index (χ3v) is 5.14. The van der Waals surface area contributed by atoms with Gasteiger partial charge >= 0.3 is 18.0 Å². The molecule has 0 heterocycles. The standard InChI is InChI=1S/C26H22ClF3N4O5/c1-2-38-22-12-16(14-31-34-25(37)24(36)33-20-9-4-3-8-19(20)27)10-11-21(22)39-15-23(35)32-18-7-5-6-17(13-18)26(28,29)30/h3-14H,2,15H2,1H3,(H,32,35)(H,33,36)(H,34,37)/b31-14-. The van der Waals surface area contributed by atoms with Crippen LogP contribution in [0.3, 0.4) is 0 Å². The normalized spacial score (nSPS) is 11.1. The molecule has 0 aliphatic rings. The van der Waals surface area contributed by atoms with Crippen molar-refractivity contribution in [2.45, 2.75) is 13.1 Å². The average Bonchev–Trinajstić information content (AvgIpc) is 2.89. The number of carbonyl (C=O) groups is 3. The van der Waals surface area contributed by atoms with Crippen LogP contribution in [0.1, 0.15) is 18.1 Å². The van der Waals surface area contributed by atoms with E-state index in [0.29, 0.717) is 5.56 Å². The Hall–Kier alpha value is -4.58. The third kappa shape index (κ3) is 8.75. The molecule has 0 aliphatic heterocycles. The van der Waals surface area contributed by atoms with Crippen LogP contribution in [-0.2, 0) is 20.6 Å². The number of hydrazone groups is 1. The lowest BCUT2D eigenvalue weighted by Crippen LogP contribution is -2.32. The molecule has 9 nitrogen and oxygen atoms in total. The van der Waals surface area contributed by atoms with Crippen molar-refractivity contribution in [1.29, 1.82) is 0 Å². The zero-order valence-corrected chi connectivity index (χ0v) is 21.1. The molecule has 3 rings (SSSR count). The summed E-state index contributed by atoms with van der Waals surface area (Å²) < 4.78 is 49.6. The summed E-state index contributed by atoms with van der Waals surface area (Å²) in [5.74, 6) is -2.24. The molecule has 0 fully saturated rings. The number of rotatable bonds is 9. The summed E-state index contributed by atoms with van der Waals surface area (Å²) in [6.07, 6.45) is -3.28. The van der Waals surface area contributed by atoms with E-state index in [1.165, 1.54) is 36.5 Å². The highest BCUT2D eigenvalue weighted by atomic mass is 35.5. The number of hydrogen-bond acceptors (Lipinski definition) is 6. The van der Waals surface area contributed by atoms with E-state index in [9.17, 15) is 27.6 Å². The lowest BCUT2D eigenvalue weighted by molar-refractivity contribution is -0.137. The second kappa shape index (κ2) is 13.3. The second-order valence-electron chi connectivity index (χ2n) is 7.69. The summed E-state index contributed by atoms with van der Waals surface area (Å²) in [6.45, 7) is 1.48. The van der Waals surface area contributed by atoms with E-state index in [-0.39, 0.29) is 34.5 Å². The van der Waals surface area contributed by atoms with E-state index in [0.717, 1.165) is 12.1 Å². The molecule has 3 amide bonds. The molecule has 0 atom stereocenters. The molecular weight excluding hydrogens is 541 g/mol. The lowest BCUT2D eigenvalue weighted by Gasteiger charge is -2.13. The highest BCUT2D eigenvalue weighted by Crippen LogP contribution is 2.31. The van der Waals surface area contributed by atoms with Crippen molar-refractivity contribution in [2.24, 2.45) is 5.10 Å². The first kappa shape index (κ1) is 29.0. The van der Waals surface area contributed by atoms with Gasteiger partial charge in [-0.1, -0.05) is 29.8 Å². The Bertz CT molecular complexity index is 1380. The van der Waals surface area contributed by atoms with Crippen LogP contribution in [0.25, 0.3) is 0 Å². The summed E-state index contributed by atoms with van der Waals surface area (Å²) in [6, 6.07) is 15.2. The molecule has 0 saturated heterocycles. The number of nitrogens with one attached hydrogen (secondary N) is 3. The van der Waals surface area contributed by atoms with Gasteiger partial charge in [-0.15, -0.1) is 0 Å². The Morgan fingerprint density at radius 1 is 0.923 bits per heavy atom. The van der Waals surface area contributed by atoms with Crippen molar-refractivity contribution in [1.82, 2.24) is 5.43 Å². The van der Waals surface area contributed by atoms with Gasteiger partial charge in [0.25, 0.3) is 5.91 Å². The molecule has 3 N–H and O–H groups in total. The SMILES string of the molecule is CCOc1cc(/C=N\NC(=O)C(=O)Nc2ccccc2Cl)ccc1OCC(=O)Nc1cccc(C(F)(F)F)c1. The van der Waals surface area contributed by atoms with E-state index < -0.39 is 36.1 Å². The van der Waals surface area contributed by atoms with E-state index in [2.05, 4.69) is 21.2 Å². The van der Waals surface area contributed by atoms with Crippen molar-refractivity contribution in [3.63, 3.8) is 0 Å². The van der Waals surface area contributed by atoms with E-state index >= 15 is 0 Å². The lowest BCUT2D eigenvalue weighted by atomic mass is 10.2. The molecule has 0 unspecified atom stereocenters. The monoisotopic (exact) mass is 562 g/mol. The molecule has 0 radical (unpaired) electrons. The number of alkyl halides is 3. The molecule has 0 bridgehead atoms. The number of carbonyl (C=O) groups excluding carboxylic acids is 3. The minimum Gasteiger partial charge on any atom is -0.490 e. The van der Waals surface area contributed by atoms with Crippen LogP contribution in [0.15, 0.2) is 71.8 Å². The Morgan fingerprint density at radius 3 is 2.41 bits per heavy atom. The first-order chi connectivity index (χ1) is 18.6. The van der Waals surface area contributed by atoms with E-state index in [1.54, 1.807) is 31.2 Å². The molecule has 3 aromatic rings. The fraction of sp³-hybridized carbons (Fsp3) is 0.154. The summed E-state index contributed by atoms with van der Waals surface area (Å²) >= 11 is 5.95. The predicted molar refractivity (Wildman–Crippen MR) is 139 cm³/mol. The molecule has 0 aromatic heterocycles. The summed E-state index contributed by atoms with van der Waals surface area (Å²) in [5.41, 5.74) is 1.90. The van der Waals surface area contributed by atoms with Crippen LogP contribution >= 0.6 is 11.6 Å². The Labute approximate surface area is 225 Å². The number of nitrogens with zero attached hydrogens (tertiary/aromatic N) is 1. The maximum atomic E-state index is 12.9. The molecule has 13 heteroatoms. The molecule has 204 valence electrons. The highest BCUT2D eigenvalue weighted by Gasteiger charge is 2.30. The number of anilines is 2. The van der Waals surface area contributed by atoms with E-state index in [1.807, 2.05) is 0 Å². The first-order valence-corrected chi connectivity index (χ1v) is 11.7. The van der Waals surface area contributed by atoms with Crippen molar-refractivity contribution >= 4 is 46.9 Å². The minimum absolute atomic E-state index is 0.0300. The fourth-order valence-corrected chi connectivity index (χ4v) is 3.25. The maximum absolute atomic E-state index is 12.9. The van der Waals surface area contributed by atoms with Crippen LogP contribution in [0, 0.1) is 0 Å². The van der Waals surface area contributed by atoms with Gasteiger partial charge in [0, 0.05) is 5.69 Å². The van der Waals surface area contributed by atoms with Gasteiger partial charge in [-0.25, -0.2) is 5.43 Å². The van der Waals surface area contributed by atoms with Gasteiger partial charge in [0.2, 0.25) is 0 Å². The zero-order valence-electron chi connectivity index (χ0n) is 20.3. The highest BCUT2D eigenvalue weighted by molar-refractivity contribution is 6.41. The largest absolute Gasteiger partial charge is 0.490 e. The smallest absolute Gasteiger partial charge is 0.416 e. The zero-order chi connectivity index (χ0) is 28.4. The van der Waals surface area contributed by atoms with Gasteiger partial charge in [0.15, 0.2) is 18.1 Å². The van der Waals surface area contributed by atoms with Crippen molar-refractivity contribution in [3.05, 3.63) is 82.9 Å². The van der Waals surface area contributed by atoms with Crippen LogP contribution in [0.4, 0.5) is 24.5 Å². The van der Waals surface area contributed by atoms with Gasteiger partial charge < -0.3 is 20.1 Å². The predicted octanol–water partition coefficient (Wildman–Crippen LogP) is 4.86. The summed E-state index contributed by atoms with van der Waals surface area (Å²) in [5, 5.41) is 8.72. The Kier molecular flexibility index (Phi) is 9.87. The van der Waals surface area contributed by atoms with Gasteiger partial charge in [-0.05, 0) is 61.0 Å². The molecule has 39 heavy (non-hydrogen) atoms. The Morgan fingerprint density at radius 2 is 1.69 bits per heavy atom. The summed E-state index contributed by atoms with van der Waals surface area (Å²) in [4.78, 5) is 36.2. The van der Waals surface area contributed by atoms with Crippen LogP contribution in [-0.4, -0.2) is 37.1 Å². The topological polar surface area (TPSA) is 118 Å². The fourth-order valence-electron chi connectivity index (χ4n) is 3.06. The number of halogens is 4. The van der Waals surface area contributed by atoms with Gasteiger partial charge in [0.1, 0.15) is 0 Å². The number of amides is 3. The van der Waals surface area contributed by atoms with Crippen molar-refractivity contribution < 1.29 is 37.0 Å². The van der Waals surface area contributed by atoms with Gasteiger partial charge in [0.05, 0.1) is 29.1 Å². The van der Waals surface area contributed by atoms with E-state index in [4.69, 9.17) is 21.1 Å². The number of ether oxygens (including phenoxy) is 2. The minimum atomic E-state index is -4.54. The van der Waals surface area contributed by atoms with Gasteiger partial charge in [-0.3, -0.25) is 14.4 Å². The van der Waals surface area contributed by atoms with Gasteiger partial charge in [-0.2, -0.15) is 18.3 Å². The quantitative estimate of drug-likeness (QED) is 0.195. The molecule has 0 aliphatic carbocycles. The van der Waals surface area contributed by atoms with Crippen LogP contribution in [0.2, 0.25) is 5.02 Å². The molecule has 0 spiro atoms. The van der Waals surface area contributed by atoms with Crippen LogP contribution < -0.4 is 25.5 Å². The third-order valence-electron chi connectivity index (χ3n) is 4.81. The number of para-hydroxylation sites is 1. The summed E-state index contributed by atoms with van der Waals surface area (Å²) in [7, 11) is 0. The second-order valence-corrected chi connectivity index (χ2v) is 8.09. The molecule has 3 aromatic carbocycles. The average molecular weight is 563 g/mol.